The van der Waals surface area contributed by atoms with E-state index in [1.165, 1.54) is 12.1 Å². The number of hydrogen-bond donors (Lipinski definition) is 0. The van der Waals surface area contributed by atoms with Gasteiger partial charge in [-0.1, -0.05) is 24.3 Å². The Hall–Kier alpha value is -2.62. The molecular weight excluding hydrogens is 368 g/mol. The fourth-order valence-corrected chi connectivity index (χ4v) is 3.68. The summed E-state index contributed by atoms with van der Waals surface area (Å²) in [7, 11) is -2.54. The van der Waals surface area contributed by atoms with Crippen LogP contribution >= 0.6 is 0 Å². The molecule has 0 spiro atoms. The van der Waals surface area contributed by atoms with Crippen LogP contribution in [0.1, 0.15) is 22.3 Å². The Morgan fingerprint density at radius 2 is 1.19 bits per heavy atom. The number of nitro groups is 2. The van der Waals surface area contributed by atoms with Gasteiger partial charge in [0, 0.05) is 23.3 Å². The Kier molecular flexibility index (Phi) is 6.42. The molecule has 0 atom stereocenters. The summed E-state index contributed by atoms with van der Waals surface area (Å²) < 4.78 is 11.9. The molecule has 0 fully saturated rings. The Labute approximate surface area is 158 Å². The van der Waals surface area contributed by atoms with E-state index in [9.17, 15) is 20.2 Å². The molecule has 8 nitrogen and oxygen atoms in total. The normalized spacial score (nSPS) is 11.4. The van der Waals surface area contributed by atoms with Crippen LogP contribution in [-0.2, 0) is 22.1 Å². The standard InChI is InChI=1S/C18H22N2O6Si/c1-13-15(7-5-9-17(13)19(21)22)11-25-27(3,4)26-12-16-8-6-10-18(14(16)2)20(23)24/h5-10H,11-12H2,1-4H3. The van der Waals surface area contributed by atoms with E-state index in [0.29, 0.717) is 11.1 Å². The number of nitrogens with zero attached hydrogens (tertiary/aromatic N) is 2. The third kappa shape index (κ3) is 5.19. The van der Waals surface area contributed by atoms with E-state index in [-0.39, 0.29) is 24.6 Å². The third-order valence-electron chi connectivity index (χ3n) is 4.38. The van der Waals surface area contributed by atoms with E-state index in [1.54, 1.807) is 38.1 Å². The van der Waals surface area contributed by atoms with Crippen molar-refractivity contribution in [3.05, 3.63) is 78.9 Å². The lowest BCUT2D eigenvalue weighted by Gasteiger charge is -2.24. The van der Waals surface area contributed by atoms with E-state index in [2.05, 4.69) is 0 Å². The smallest absolute Gasteiger partial charge is 0.332 e. The largest absolute Gasteiger partial charge is 0.390 e. The van der Waals surface area contributed by atoms with Crippen molar-refractivity contribution < 1.29 is 18.7 Å². The lowest BCUT2D eigenvalue weighted by Crippen LogP contribution is -2.34. The molecule has 144 valence electrons. The summed E-state index contributed by atoms with van der Waals surface area (Å²) >= 11 is 0. The molecular formula is C18H22N2O6Si. The molecule has 0 heterocycles. The van der Waals surface area contributed by atoms with Gasteiger partial charge in [-0.15, -0.1) is 0 Å². The first-order chi connectivity index (χ1) is 12.6. The van der Waals surface area contributed by atoms with Gasteiger partial charge in [0.2, 0.25) is 0 Å². The highest BCUT2D eigenvalue weighted by molar-refractivity contribution is 6.64. The van der Waals surface area contributed by atoms with Crippen molar-refractivity contribution in [2.75, 3.05) is 0 Å². The van der Waals surface area contributed by atoms with Crippen LogP contribution in [-0.4, -0.2) is 18.4 Å². The summed E-state index contributed by atoms with van der Waals surface area (Å²) in [6.07, 6.45) is 0. The van der Waals surface area contributed by atoms with Crippen molar-refractivity contribution in [1.29, 1.82) is 0 Å². The van der Waals surface area contributed by atoms with Gasteiger partial charge in [-0.3, -0.25) is 20.2 Å². The summed E-state index contributed by atoms with van der Waals surface area (Å²) in [4.78, 5) is 21.3. The fourth-order valence-electron chi connectivity index (χ4n) is 2.59. The van der Waals surface area contributed by atoms with Crippen LogP contribution in [0.4, 0.5) is 11.4 Å². The summed E-state index contributed by atoms with van der Waals surface area (Å²) in [5, 5.41) is 22.1. The van der Waals surface area contributed by atoms with Crippen molar-refractivity contribution >= 4 is 19.9 Å². The van der Waals surface area contributed by atoms with E-state index in [0.717, 1.165) is 11.1 Å². The van der Waals surface area contributed by atoms with Gasteiger partial charge in [-0.2, -0.15) is 0 Å². The highest BCUT2D eigenvalue weighted by Crippen LogP contribution is 2.25. The molecule has 2 aromatic carbocycles. The third-order valence-corrected chi connectivity index (χ3v) is 6.06. The maximum Gasteiger partial charge on any atom is 0.332 e. The molecule has 0 aliphatic carbocycles. The van der Waals surface area contributed by atoms with E-state index < -0.39 is 18.4 Å². The molecule has 2 rings (SSSR count). The molecule has 9 heteroatoms. The highest BCUT2D eigenvalue weighted by Gasteiger charge is 2.26. The minimum Gasteiger partial charge on any atom is -0.390 e. The van der Waals surface area contributed by atoms with Crippen molar-refractivity contribution in [3.8, 4) is 0 Å². The number of hydrogen-bond acceptors (Lipinski definition) is 6. The van der Waals surface area contributed by atoms with Crippen molar-refractivity contribution in [2.24, 2.45) is 0 Å². The van der Waals surface area contributed by atoms with Gasteiger partial charge in [0.15, 0.2) is 0 Å². The van der Waals surface area contributed by atoms with E-state index in [4.69, 9.17) is 8.85 Å². The second kappa shape index (κ2) is 8.38. The van der Waals surface area contributed by atoms with Gasteiger partial charge in [-0.25, -0.2) is 0 Å². The van der Waals surface area contributed by atoms with Crippen LogP contribution in [0.3, 0.4) is 0 Å². The molecule has 0 aliphatic rings. The van der Waals surface area contributed by atoms with Gasteiger partial charge < -0.3 is 8.85 Å². The van der Waals surface area contributed by atoms with Crippen LogP contribution in [0, 0.1) is 34.1 Å². The minimum absolute atomic E-state index is 0.0590. The quantitative estimate of drug-likeness (QED) is 0.372. The first kappa shape index (κ1) is 20.7. The molecule has 0 N–H and O–H groups in total. The highest BCUT2D eigenvalue weighted by atomic mass is 28.4. The summed E-state index contributed by atoms with van der Waals surface area (Å²) in [6.45, 7) is 7.54. The first-order valence-corrected chi connectivity index (χ1v) is 11.2. The molecule has 27 heavy (non-hydrogen) atoms. The predicted octanol–water partition coefficient (Wildman–Crippen LogP) is 4.56. The molecule has 0 aromatic heterocycles. The SMILES string of the molecule is Cc1c(CO[Si](C)(C)OCc2cccc([N+](=O)[O-])c2C)cccc1[N+](=O)[O-]. The van der Waals surface area contributed by atoms with Gasteiger partial charge >= 0.3 is 8.56 Å². The molecule has 0 unspecified atom stereocenters. The van der Waals surface area contributed by atoms with E-state index in [1.807, 2.05) is 13.1 Å². The van der Waals surface area contributed by atoms with E-state index >= 15 is 0 Å². The van der Waals surface area contributed by atoms with Crippen LogP contribution in [0.2, 0.25) is 13.1 Å². The average Bonchev–Trinajstić information content (AvgIpc) is 2.59. The molecule has 0 saturated carbocycles. The zero-order valence-corrected chi connectivity index (χ0v) is 16.7. The molecule has 0 amide bonds. The van der Waals surface area contributed by atoms with Crippen molar-refractivity contribution in [2.45, 2.75) is 40.2 Å². The molecule has 0 saturated heterocycles. The van der Waals surface area contributed by atoms with Gasteiger partial charge in [0.05, 0.1) is 23.1 Å². The first-order valence-electron chi connectivity index (χ1n) is 8.36. The van der Waals surface area contributed by atoms with Crippen molar-refractivity contribution in [3.63, 3.8) is 0 Å². The Morgan fingerprint density at radius 3 is 1.52 bits per heavy atom. The van der Waals surface area contributed by atoms with Gasteiger partial charge in [0.25, 0.3) is 11.4 Å². The van der Waals surface area contributed by atoms with Crippen molar-refractivity contribution in [1.82, 2.24) is 0 Å². The lowest BCUT2D eigenvalue weighted by molar-refractivity contribution is -0.385. The zero-order chi connectivity index (χ0) is 20.2. The number of benzene rings is 2. The predicted molar refractivity (Wildman–Crippen MR) is 103 cm³/mol. The van der Waals surface area contributed by atoms with Gasteiger partial charge in [0.1, 0.15) is 0 Å². The minimum atomic E-state index is -2.54. The molecule has 0 radical (unpaired) electrons. The topological polar surface area (TPSA) is 105 Å². The second-order valence-electron chi connectivity index (χ2n) is 6.61. The molecule has 0 bridgehead atoms. The summed E-state index contributed by atoms with van der Waals surface area (Å²) in [6, 6.07) is 9.76. The maximum absolute atomic E-state index is 11.0. The maximum atomic E-state index is 11.0. The van der Waals surface area contributed by atoms with Crippen LogP contribution in [0.25, 0.3) is 0 Å². The average molecular weight is 390 g/mol. The summed E-state index contributed by atoms with van der Waals surface area (Å²) in [5.74, 6) is 0. The number of nitro benzene ring substituents is 2. The fraction of sp³-hybridized carbons (Fsp3) is 0.333. The Bertz CT molecular complexity index is 799. The molecule has 2 aromatic rings. The Balaban J connectivity index is 2.04. The summed E-state index contributed by atoms with van der Waals surface area (Å²) in [5.41, 5.74) is 2.73. The number of rotatable bonds is 8. The van der Waals surface area contributed by atoms with Crippen LogP contribution in [0.5, 0.6) is 0 Å². The monoisotopic (exact) mass is 390 g/mol. The Morgan fingerprint density at radius 1 is 0.815 bits per heavy atom. The van der Waals surface area contributed by atoms with Gasteiger partial charge in [-0.05, 0) is 38.1 Å². The second-order valence-corrected chi connectivity index (χ2v) is 9.99. The molecule has 0 aliphatic heterocycles. The van der Waals surface area contributed by atoms with Crippen LogP contribution < -0.4 is 0 Å². The lowest BCUT2D eigenvalue weighted by atomic mass is 10.1. The zero-order valence-electron chi connectivity index (χ0n) is 15.7. The van der Waals surface area contributed by atoms with Crippen LogP contribution in [0.15, 0.2) is 36.4 Å².